The minimum Gasteiger partial charge on any atom is -0.480 e. The first-order chi connectivity index (χ1) is 10.9. The molecule has 3 rings (SSSR count). The van der Waals surface area contributed by atoms with Gasteiger partial charge < -0.3 is 10.0 Å². The normalized spacial score (nSPS) is 15.4. The molecule has 1 aromatic heterocycles. The smallest absolute Gasteiger partial charge is 0.326 e. The predicted molar refractivity (Wildman–Crippen MR) is 82.7 cm³/mol. The third kappa shape index (κ3) is 2.88. The number of aliphatic carboxylic acids is 1. The summed E-state index contributed by atoms with van der Waals surface area (Å²) in [6.45, 7) is 3.19. The topological polar surface area (TPSA) is 70.5 Å². The average Bonchev–Trinajstić information content (AvgIpc) is 3.31. The molecule has 0 radical (unpaired) electrons. The lowest BCUT2D eigenvalue weighted by molar-refractivity contribution is -0.141. The zero-order valence-corrected chi connectivity index (χ0v) is 12.9. The molecule has 2 aromatic rings. The molecule has 0 bridgehead atoms. The van der Waals surface area contributed by atoms with Gasteiger partial charge in [0.1, 0.15) is 11.9 Å². The SMILES string of the molecule is Cc1nc2cc(F)ccc2cc1C(=O)N(C1CC1)C(C)C(=O)O. The van der Waals surface area contributed by atoms with Gasteiger partial charge in [0.25, 0.3) is 5.91 Å². The maximum Gasteiger partial charge on any atom is 0.326 e. The van der Waals surface area contributed by atoms with Crippen LogP contribution < -0.4 is 0 Å². The zero-order chi connectivity index (χ0) is 16.7. The lowest BCUT2D eigenvalue weighted by Gasteiger charge is -2.27. The van der Waals surface area contributed by atoms with E-state index >= 15 is 0 Å². The Labute approximate surface area is 132 Å². The van der Waals surface area contributed by atoms with Crippen molar-refractivity contribution in [2.45, 2.75) is 38.8 Å². The van der Waals surface area contributed by atoms with Crippen molar-refractivity contribution in [1.29, 1.82) is 0 Å². The Hall–Kier alpha value is -2.50. The predicted octanol–water partition coefficient (Wildman–Crippen LogP) is 2.76. The van der Waals surface area contributed by atoms with E-state index in [0.717, 1.165) is 12.8 Å². The number of carboxylic acid groups (broad SMARTS) is 1. The molecule has 1 unspecified atom stereocenters. The Bertz CT molecular complexity index is 802. The number of carboxylic acids is 1. The van der Waals surface area contributed by atoms with E-state index in [9.17, 15) is 19.1 Å². The van der Waals surface area contributed by atoms with Crippen molar-refractivity contribution in [3.63, 3.8) is 0 Å². The maximum atomic E-state index is 13.3. The second-order valence-electron chi connectivity index (χ2n) is 5.92. The molecule has 1 N–H and O–H groups in total. The highest BCUT2D eigenvalue weighted by Gasteiger charge is 2.39. The van der Waals surface area contributed by atoms with Gasteiger partial charge in [0.2, 0.25) is 0 Å². The molecule has 1 saturated carbocycles. The Morgan fingerprint density at radius 1 is 1.35 bits per heavy atom. The van der Waals surface area contributed by atoms with Crippen LogP contribution in [0.25, 0.3) is 10.9 Å². The van der Waals surface area contributed by atoms with Gasteiger partial charge in [0.05, 0.1) is 16.8 Å². The summed E-state index contributed by atoms with van der Waals surface area (Å²) < 4.78 is 13.3. The van der Waals surface area contributed by atoms with Crippen LogP contribution in [0.5, 0.6) is 0 Å². The maximum absolute atomic E-state index is 13.3. The number of pyridine rings is 1. The average molecular weight is 316 g/mol. The van der Waals surface area contributed by atoms with Gasteiger partial charge in [0.15, 0.2) is 0 Å². The number of benzene rings is 1. The first-order valence-electron chi connectivity index (χ1n) is 7.51. The molecular formula is C17H17FN2O3. The van der Waals surface area contributed by atoms with Crippen LogP contribution in [-0.2, 0) is 4.79 Å². The monoisotopic (exact) mass is 316 g/mol. The summed E-state index contributed by atoms with van der Waals surface area (Å²) in [5, 5.41) is 9.90. The second kappa shape index (κ2) is 5.61. The number of nitrogens with zero attached hydrogens (tertiary/aromatic N) is 2. The Morgan fingerprint density at radius 2 is 2.04 bits per heavy atom. The summed E-state index contributed by atoms with van der Waals surface area (Å²) in [5.41, 5.74) is 1.31. The summed E-state index contributed by atoms with van der Waals surface area (Å²) in [4.78, 5) is 29.9. The number of aryl methyl sites for hydroxylation is 1. The van der Waals surface area contributed by atoms with Gasteiger partial charge in [-0.15, -0.1) is 0 Å². The van der Waals surface area contributed by atoms with E-state index in [1.165, 1.54) is 24.0 Å². The number of carbonyl (C=O) groups is 2. The van der Waals surface area contributed by atoms with Crippen LogP contribution in [0.4, 0.5) is 4.39 Å². The zero-order valence-electron chi connectivity index (χ0n) is 12.9. The van der Waals surface area contributed by atoms with E-state index in [0.29, 0.717) is 22.2 Å². The van der Waals surface area contributed by atoms with Crippen LogP contribution in [0, 0.1) is 12.7 Å². The number of halogens is 1. The molecule has 23 heavy (non-hydrogen) atoms. The molecule has 1 amide bonds. The molecule has 1 aromatic carbocycles. The van der Waals surface area contributed by atoms with E-state index in [1.807, 2.05) is 0 Å². The fourth-order valence-electron chi connectivity index (χ4n) is 2.72. The van der Waals surface area contributed by atoms with Gasteiger partial charge in [-0.3, -0.25) is 9.78 Å². The second-order valence-corrected chi connectivity index (χ2v) is 5.92. The Balaban J connectivity index is 2.03. The van der Waals surface area contributed by atoms with Crippen LogP contribution >= 0.6 is 0 Å². The van der Waals surface area contributed by atoms with Crippen LogP contribution in [0.15, 0.2) is 24.3 Å². The quantitative estimate of drug-likeness (QED) is 0.941. The number of aromatic nitrogens is 1. The van der Waals surface area contributed by atoms with Gasteiger partial charge in [-0.1, -0.05) is 0 Å². The van der Waals surface area contributed by atoms with E-state index < -0.39 is 12.0 Å². The van der Waals surface area contributed by atoms with E-state index in [-0.39, 0.29) is 17.8 Å². The summed E-state index contributed by atoms with van der Waals surface area (Å²) in [7, 11) is 0. The van der Waals surface area contributed by atoms with Crippen molar-refractivity contribution in [1.82, 2.24) is 9.88 Å². The Morgan fingerprint density at radius 3 is 2.65 bits per heavy atom. The number of fused-ring (bicyclic) bond motifs is 1. The highest BCUT2D eigenvalue weighted by Crippen LogP contribution is 2.31. The molecule has 120 valence electrons. The van der Waals surface area contributed by atoms with E-state index in [1.54, 1.807) is 19.1 Å². The highest BCUT2D eigenvalue weighted by molar-refractivity contribution is 6.00. The van der Waals surface area contributed by atoms with Gasteiger partial charge in [-0.25, -0.2) is 9.18 Å². The molecular weight excluding hydrogens is 299 g/mol. The van der Waals surface area contributed by atoms with Gasteiger partial charge in [0, 0.05) is 17.5 Å². The molecule has 1 heterocycles. The summed E-state index contributed by atoms with van der Waals surface area (Å²) in [5.74, 6) is -1.75. The first kappa shape index (κ1) is 15.4. The van der Waals surface area contributed by atoms with Crippen molar-refractivity contribution in [3.05, 3.63) is 41.3 Å². The van der Waals surface area contributed by atoms with Crippen molar-refractivity contribution in [3.8, 4) is 0 Å². The van der Waals surface area contributed by atoms with Crippen molar-refractivity contribution >= 4 is 22.8 Å². The standard InChI is InChI=1S/C17H17FN2O3/c1-9-14(7-11-3-4-12(18)8-15(11)19-9)16(21)20(13-5-6-13)10(2)17(22)23/h3-4,7-8,10,13H,5-6H2,1-2H3,(H,22,23). The number of amides is 1. The van der Waals surface area contributed by atoms with Gasteiger partial charge in [-0.05, 0) is 44.9 Å². The molecule has 0 spiro atoms. The van der Waals surface area contributed by atoms with E-state index in [4.69, 9.17) is 0 Å². The van der Waals surface area contributed by atoms with Crippen LogP contribution in [0.3, 0.4) is 0 Å². The summed E-state index contributed by atoms with van der Waals surface area (Å²) in [6, 6.07) is 4.93. The molecule has 5 nitrogen and oxygen atoms in total. The first-order valence-corrected chi connectivity index (χ1v) is 7.51. The van der Waals surface area contributed by atoms with Crippen molar-refractivity contribution in [2.75, 3.05) is 0 Å². The third-order valence-corrected chi connectivity index (χ3v) is 4.15. The largest absolute Gasteiger partial charge is 0.480 e. The van der Waals surface area contributed by atoms with Gasteiger partial charge >= 0.3 is 5.97 Å². The number of rotatable bonds is 4. The third-order valence-electron chi connectivity index (χ3n) is 4.15. The lowest BCUT2D eigenvalue weighted by Crippen LogP contribution is -2.45. The molecule has 0 saturated heterocycles. The van der Waals surface area contributed by atoms with Crippen molar-refractivity contribution in [2.24, 2.45) is 0 Å². The molecule has 1 fully saturated rings. The highest BCUT2D eigenvalue weighted by atomic mass is 19.1. The molecule has 1 atom stereocenters. The minimum absolute atomic E-state index is 0.0306. The van der Waals surface area contributed by atoms with Crippen LogP contribution in [0.2, 0.25) is 0 Å². The lowest BCUT2D eigenvalue weighted by atomic mass is 10.1. The fraction of sp³-hybridized carbons (Fsp3) is 0.353. The molecule has 1 aliphatic carbocycles. The van der Waals surface area contributed by atoms with Crippen molar-refractivity contribution < 1.29 is 19.1 Å². The van der Waals surface area contributed by atoms with Crippen LogP contribution in [0.1, 0.15) is 35.8 Å². The molecule has 6 heteroatoms. The minimum atomic E-state index is -1.03. The fourth-order valence-corrected chi connectivity index (χ4v) is 2.72. The van der Waals surface area contributed by atoms with E-state index in [2.05, 4.69) is 4.98 Å². The summed E-state index contributed by atoms with van der Waals surface area (Å²) in [6.07, 6.45) is 1.63. The Kier molecular flexibility index (Phi) is 3.75. The number of hydrogen-bond acceptors (Lipinski definition) is 3. The molecule has 1 aliphatic rings. The summed E-state index contributed by atoms with van der Waals surface area (Å²) >= 11 is 0. The van der Waals surface area contributed by atoms with Crippen LogP contribution in [-0.4, -0.2) is 39.0 Å². The molecule has 0 aliphatic heterocycles. The number of carbonyl (C=O) groups excluding carboxylic acids is 1. The number of hydrogen-bond donors (Lipinski definition) is 1. The van der Waals surface area contributed by atoms with Gasteiger partial charge in [-0.2, -0.15) is 0 Å².